The molecule has 0 saturated heterocycles. The van der Waals surface area contributed by atoms with Crippen LogP contribution in [0.2, 0.25) is 0 Å². The molecule has 2 aromatic rings. The maximum atomic E-state index is 12.1. The van der Waals surface area contributed by atoms with Crippen LogP contribution in [0.1, 0.15) is 23.7 Å². The highest BCUT2D eigenvalue weighted by molar-refractivity contribution is 5.97. The molecule has 1 fully saturated rings. The Labute approximate surface area is 169 Å². The van der Waals surface area contributed by atoms with Crippen molar-refractivity contribution < 1.29 is 19.1 Å². The minimum atomic E-state index is -0.448. The molecule has 0 aromatic heterocycles. The van der Waals surface area contributed by atoms with Crippen molar-refractivity contribution in [1.29, 1.82) is 0 Å². The number of carbonyl (C=O) groups excluding carboxylic acids is 3. The van der Waals surface area contributed by atoms with E-state index in [1.54, 1.807) is 55.6 Å². The van der Waals surface area contributed by atoms with Gasteiger partial charge in [-0.15, -0.1) is 0 Å². The van der Waals surface area contributed by atoms with Gasteiger partial charge in [0.25, 0.3) is 11.8 Å². The first-order valence-corrected chi connectivity index (χ1v) is 9.34. The average molecular weight is 396 g/mol. The fourth-order valence-corrected chi connectivity index (χ4v) is 2.76. The zero-order chi connectivity index (χ0) is 20.8. The van der Waals surface area contributed by atoms with Gasteiger partial charge < -0.3 is 15.4 Å². The van der Waals surface area contributed by atoms with Crippen molar-refractivity contribution in [3.63, 3.8) is 0 Å². The molecule has 2 unspecified atom stereocenters. The van der Waals surface area contributed by atoms with E-state index >= 15 is 0 Å². The lowest BCUT2D eigenvalue weighted by Gasteiger charge is -2.10. The lowest BCUT2D eigenvalue weighted by molar-refractivity contribution is -0.120. The zero-order valence-electron chi connectivity index (χ0n) is 16.3. The van der Waals surface area contributed by atoms with Crippen LogP contribution < -0.4 is 26.2 Å². The molecule has 0 aliphatic heterocycles. The molecule has 1 saturated carbocycles. The fourth-order valence-electron chi connectivity index (χ4n) is 2.76. The standard InChI is InChI=1S/C21H24N4O4/c1-13-11-18(13)21(28)23-16-5-3-14(4-6-16)20(27)25-24-19(26)12-22-15-7-9-17(29-2)10-8-15/h3-10,13,18,22H,11-12H2,1-2H3,(H,23,28)(H,24,26)(H,25,27). The molecule has 0 heterocycles. The number of carbonyl (C=O) groups is 3. The van der Waals surface area contributed by atoms with E-state index in [0.29, 0.717) is 17.2 Å². The molecule has 1 aliphatic rings. The smallest absolute Gasteiger partial charge is 0.269 e. The second-order valence-electron chi connectivity index (χ2n) is 6.97. The molecule has 4 N–H and O–H groups in total. The first-order valence-electron chi connectivity index (χ1n) is 9.34. The van der Waals surface area contributed by atoms with Gasteiger partial charge in [-0.3, -0.25) is 25.2 Å². The normalized spacial score (nSPS) is 17.0. The Morgan fingerprint density at radius 2 is 1.59 bits per heavy atom. The maximum absolute atomic E-state index is 12.1. The van der Waals surface area contributed by atoms with Crippen LogP contribution >= 0.6 is 0 Å². The predicted octanol–water partition coefficient (Wildman–Crippen LogP) is 2.16. The monoisotopic (exact) mass is 396 g/mol. The number of methoxy groups -OCH3 is 1. The summed E-state index contributed by atoms with van der Waals surface area (Å²) in [5.74, 6) is 0.405. The first-order chi connectivity index (χ1) is 14.0. The third-order valence-corrected chi connectivity index (χ3v) is 4.72. The van der Waals surface area contributed by atoms with Crippen LogP contribution in [0.3, 0.4) is 0 Å². The lowest BCUT2D eigenvalue weighted by Crippen LogP contribution is -2.44. The van der Waals surface area contributed by atoms with E-state index in [4.69, 9.17) is 4.74 Å². The lowest BCUT2D eigenvalue weighted by atomic mass is 10.2. The SMILES string of the molecule is COc1ccc(NCC(=O)NNC(=O)c2ccc(NC(=O)C3CC3C)cc2)cc1. The third-order valence-electron chi connectivity index (χ3n) is 4.72. The van der Waals surface area contributed by atoms with Gasteiger partial charge in [0.05, 0.1) is 13.7 Å². The van der Waals surface area contributed by atoms with Gasteiger partial charge >= 0.3 is 0 Å². The molecule has 8 heteroatoms. The molecule has 29 heavy (non-hydrogen) atoms. The molecule has 1 aliphatic carbocycles. The summed E-state index contributed by atoms with van der Waals surface area (Å²) in [4.78, 5) is 36.0. The summed E-state index contributed by atoms with van der Waals surface area (Å²) in [5, 5.41) is 5.78. The Bertz CT molecular complexity index is 881. The molecule has 3 amide bonds. The second kappa shape index (κ2) is 9.09. The average Bonchev–Trinajstić information content (AvgIpc) is 3.48. The number of ether oxygens (including phenoxy) is 1. The van der Waals surface area contributed by atoms with Gasteiger partial charge in [-0.2, -0.15) is 0 Å². The summed E-state index contributed by atoms with van der Waals surface area (Å²) in [6.07, 6.45) is 0.916. The van der Waals surface area contributed by atoms with Crippen molar-refractivity contribution in [2.75, 3.05) is 24.3 Å². The summed E-state index contributed by atoms with van der Waals surface area (Å²) in [6.45, 7) is 2.04. The number of anilines is 2. The summed E-state index contributed by atoms with van der Waals surface area (Å²) in [5.41, 5.74) is 6.47. The zero-order valence-corrected chi connectivity index (χ0v) is 16.3. The number of hydrogen-bond donors (Lipinski definition) is 4. The molecule has 8 nitrogen and oxygen atoms in total. The molecule has 3 rings (SSSR count). The summed E-state index contributed by atoms with van der Waals surface area (Å²) >= 11 is 0. The minimum absolute atomic E-state index is 0.00281. The van der Waals surface area contributed by atoms with Crippen molar-refractivity contribution in [2.24, 2.45) is 11.8 Å². The minimum Gasteiger partial charge on any atom is -0.497 e. The molecular weight excluding hydrogens is 372 g/mol. The summed E-state index contributed by atoms with van der Waals surface area (Å²) in [6, 6.07) is 13.6. The highest BCUT2D eigenvalue weighted by Gasteiger charge is 2.39. The van der Waals surface area contributed by atoms with Gasteiger partial charge in [-0.25, -0.2) is 0 Å². The Kier molecular flexibility index (Phi) is 6.33. The number of hydrazine groups is 1. The highest BCUT2D eigenvalue weighted by atomic mass is 16.5. The van der Waals surface area contributed by atoms with E-state index in [1.165, 1.54) is 0 Å². The molecule has 152 valence electrons. The van der Waals surface area contributed by atoms with Crippen LogP contribution in [-0.2, 0) is 9.59 Å². The quantitative estimate of drug-likeness (QED) is 0.537. The Morgan fingerprint density at radius 3 is 2.17 bits per heavy atom. The number of rotatable bonds is 7. The molecule has 0 radical (unpaired) electrons. The van der Waals surface area contributed by atoms with E-state index in [0.717, 1.165) is 17.9 Å². The maximum Gasteiger partial charge on any atom is 0.269 e. The third kappa shape index (κ3) is 5.71. The van der Waals surface area contributed by atoms with Crippen molar-refractivity contribution >= 4 is 29.1 Å². The van der Waals surface area contributed by atoms with Gasteiger partial charge in [0, 0.05) is 22.9 Å². The first kappa shape index (κ1) is 20.2. The Morgan fingerprint density at radius 1 is 0.966 bits per heavy atom. The van der Waals surface area contributed by atoms with E-state index in [9.17, 15) is 14.4 Å². The highest BCUT2D eigenvalue weighted by Crippen LogP contribution is 2.38. The van der Waals surface area contributed by atoms with E-state index < -0.39 is 11.8 Å². The Hall–Kier alpha value is -3.55. The van der Waals surface area contributed by atoms with Gasteiger partial charge in [0.15, 0.2) is 0 Å². The van der Waals surface area contributed by atoms with Gasteiger partial charge in [0.1, 0.15) is 5.75 Å². The number of hydrogen-bond acceptors (Lipinski definition) is 5. The summed E-state index contributed by atoms with van der Waals surface area (Å²) < 4.78 is 5.07. The summed E-state index contributed by atoms with van der Waals surface area (Å²) in [7, 11) is 1.58. The number of nitrogens with one attached hydrogen (secondary N) is 4. The largest absolute Gasteiger partial charge is 0.497 e. The van der Waals surface area contributed by atoms with Crippen molar-refractivity contribution in [3.05, 3.63) is 54.1 Å². The van der Waals surface area contributed by atoms with Gasteiger partial charge in [-0.1, -0.05) is 6.92 Å². The topological polar surface area (TPSA) is 109 Å². The van der Waals surface area contributed by atoms with E-state index in [2.05, 4.69) is 21.5 Å². The van der Waals surface area contributed by atoms with Gasteiger partial charge in [-0.05, 0) is 60.9 Å². The second-order valence-corrected chi connectivity index (χ2v) is 6.97. The molecule has 0 bridgehead atoms. The number of amides is 3. The van der Waals surface area contributed by atoms with Crippen LogP contribution in [0, 0.1) is 11.8 Å². The van der Waals surface area contributed by atoms with E-state index in [-0.39, 0.29) is 18.4 Å². The van der Waals surface area contributed by atoms with Crippen molar-refractivity contribution in [1.82, 2.24) is 10.9 Å². The number of benzene rings is 2. The fraction of sp³-hybridized carbons (Fsp3) is 0.286. The van der Waals surface area contributed by atoms with Crippen LogP contribution in [0.4, 0.5) is 11.4 Å². The van der Waals surface area contributed by atoms with Crippen molar-refractivity contribution in [2.45, 2.75) is 13.3 Å². The van der Waals surface area contributed by atoms with E-state index in [1.807, 2.05) is 6.92 Å². The van der Waals surface area contributed by atoms with Gasteiger partial charge in [0.2, 0.25) is 5.91 Å². The van der Waals surface area contributed by atoms with Crippen LogP contribution in [-0.4, -0.2) is 31.4 Å². The predicted molar refractivity (Wildman–Crippen MR) is 109 cm³/mol. The van der Waals surface area contributed by atoms with Crippen LogP contribution in [0.5, 0.6) is 5.75 Å². The van der Waals surface area contributed by atoms with Crippen molar-refractivity contribution in [3.8, 4) is 5.75 Å². The molecule has 0 spiro atoms. The molecule has 2 aromatic carbocycles. The molecular formula is C21H24N4O4. The Balaban J connectivity index is 1.41. The van der Waals surface area contributed by atoms with Crippen LogP contribution in [0.15, 0.2) is 48.5 Å². The van der Waals surface area contributed by atoms with Crippen LogP contribution in [0.25, 0.3) is 0 Å². The molecule has 2 atom stereocenters.